The molecule has 2 aromatic heterocycles. The second-order valence-corrected chi connectivity index (χ2v) is 6.33. The number of para-hydroxylation sites is 1. The molecule has 0 spiro atoms. The Balaban J connectivity index is 1.53. The van der Waals surface area contributed by atoms with Crippen molar-refractivity contribution in [1.82, 2.24) is 15.8 Å². The van der Waals surface area contributed by atoms with E-state index in [4.69, 9.17) is 13.9 Å². The first-order chi connectivity index (χ1) is 15.0. The number of rotatable bonds is 7. The van der Waals surface area contributed by atoms with Gasteiger partial charge in [0.2, 0.25) is 0 Å². The summed E-state index contributed by atoms with van der Waals surface area (Å²) in [4.78, 5) is 40.3. The monoisotopic (exact) mass is 423 g/mol. The van der Waals surface area contributed by atoms with Crippen LogP contribution in [0.2, 0.25) is 0 Å². The average molecular weight is 423 g/mol. The van der Waals surface area contributed by atoms with Gasteiger partial charge in [0.1, 0.15) is 23.8 Å². The van der Waals surface area contributed by atoms with Crippen molar-refractivity contribution >= 4 is 17.8 Å². The minimum atomic E-state index is -0.647. The molecule has 0 atom stereocenters. The lowest BCUT2D eigenvalue weighted by Gasteiger charge is -2.08. The summed E-state index contributed by atoms with van der Waals surface area (Å²) in [6.07, 6.45) is 0. The summed E-state index contributed by atoms with van der Waals surface area (Å²) in [5, 5.41) is 0. The topological polar surface area (TPSA) is 120 Å². The molecule has 0 fully saturated rings. The number of aromatic nitrogens is 1. The molecule has 160 valence electrons. The summed E-state index contributed by atoms with van der Waals surface area (Å²) in [6.45, 7) is 3.67. The SMILES string of the molecule is CCOC(=O)c1ccc(C(=O)NNC(=O)c2ccc(COc3ccccc3)o2)nc1C. The molecule has 9 nitrogen and oxygen atoms in total. The first-order valence-electron chi connectivity index (χ1n) is 9.50. The van der Waals surface area contributed by atoms with Gasteiger partial charge >= 0.3 is 11.9 Å². The summed E-state index contributed by atoms with van der Waals surface area (Å²) in [5.74, 6) is -0.669. The smallest absolute Gasteiger partial charge is 0.339 e. The molecule has 0 saturated carbocycles. The highest BCUT2D eigenvalue weighted by molar-refractivity contribution is 5.97. The molecule has 3 rings (SSSR count). The Morgan fingerprint density at radius 1 is 0.968 bits per heavy atom. The third-order valence-electron chi connectivity index (χ3n) is 4.11. The number of hydrazine groups is 1. The molecule has 0 bridgehead atoms. The highest BCUT2D eigenvalue weighted by atomic mass is 16.5. The number of nitrogens with one attached hydrogen (secondary N) is 2. The molecule has 2 heterocycles. The molecule has 0 saturated heterocycles. The Morgan fingerprint density at radius 3 is 2.42 bits per heavy atom. The lowest BCUT2D eigenvalue weighted by atomic mass is 10.2. The zero-order valence-electron chi connectivity index (χ0n) is 17.0. The van der Waals surface area contributed by atoms with Gasteiger partial charge in [0.15, 0.2) is 5.76 Å². The van der Waals surface area contributed by atoms with Crippen LogP contribution in [-0.2, 0) is 11.3 Å². The number of ether oxygens (including phenoxy) is 2. The predicted octanol–water partition coefficient (Wildman–Crippen LogP) is 2.81. The normalized spacial score (nSPS) is 10.3. The number of aryl methyl sites for hydroxylation is 1. The average Bonchev–Trinajstić information content (AvgIpc) is 3.26. The fourth-order valence-corrected chi connectivity index (χ4v) is 2.60. The Kier molecular flexibility index (Phi) is 7.00. The largest absolute Gasteiger partial charge is 0.486 e. The van der Waals surface area contributed by atoms with Crippen molar-refractivity contribution in [3.63, 3.8) is 0 Å². The van der Waals surface area contributed by atoms with E-state index in [2.05, 4.69) is 15.8 Å². The lowest BCUT2D eigenvalue weighted by Crippen LogP contribution is -2.41. The molecule has 2 amide bonds. The molecule has 0 radical (unpaired) electrons. The van der Waals surface area contributed by atoms with Crippen molar-refractivity contribution in [3.8, 4) is 5.75 Å². The number of nitrogens with zero attached hydrogens (tertiary/aromatic N) is 1. The first kappa shape index (κ1) is 21.6. The highest BCUT2D eigenvalue weighted by Gasteiger charge is 2.17. The Morgan fingerprint density at radius 2 is 1.71 bits per heavy atom. The van der Waals surface area contributed by atoms with Crippen LogP contribution < -0.4 is 15.6 Å². The van der Waals surface area contributed by atoms with Crippen molar-refractivity contribution in [2.75, 3.05) is 6.61 Å². The van der Waals surface area contributed by atoms with Gasteiger partial charge in [-0.1, -0.05) is 18.2 Å². The first-order valence-corrected chi connectivity index (χ1v) is 9.50. The third-order valence-corrected chi connectivity index (χ3v) is 4.11. The minimum absolute atomic E-state index is 0.00811. The maximum atomic E-state index is 12.2. The van der Waals surface area contributed by atoms with Crippen LogP contribution in [0.3, 0.4) is 0 Å². The van der Waals surface area contributed by atoms with Crippen molar-refractivity contribution in [1.29, 1.82) is 0 Å². The van der Waals surface area contributed by atoms with Gasteiger partial charge in [-0.15, -0.1) is 0 Å². The lowest BCUT2D eigenvalue weighted by molar-refractivity contribution is 0.0524. The fourth-order valence-electron chi connectivity index (χ4n) is 2.60. The summed E-state index contributed by atoms with van der Waals surface area (Å²) >= 11 is 0. The highest BCUT2D eigenvalue weighted by Crippen LogP contribution is 2.14. The minimum Gasteiger partial charge on any atom is -0.486 e. The quantitative estimate of drug-likeness (QED) is 0.443. The van der Waals surface area contributed by atoms with Gasteiger partial charge in [0.05, 0.1) is 17.9 Å². The van der Waals surface area contributed by atoms with Crippen molar-refractivity contribution in [2.24, 2.45) is 0 Å². The molecule has 0 aliphatic rings. The van der Waals surface area contributed by atoms with E-state index in [-0.39, 0.29) is 30.2 Å². The molecule has 0 unspecified atom stereocenters. The van der Waals surface area contributed by atoms with Gasteiger partial charge in [0.25, 0.3) is 5.91 Å². The molecule has 9 heteroatoms. The molecule has 0 aliphatic heterocycles. The number of amides is 2. The number of carbonyl (C=O) groups is 3. The second-order valence-electron chi connectivity index (χ2n) is 6.33. The van der Waals surface area contributed by atoms with E-state index in [1.54, 1.807) is 32.0 Å². The van der Waals surface area contributed by atoms with E-state index in [9.17, 15) is 14.4 Å². The predicted molar refractivity (Wildman–Crippen MR) is 109 cm³/mol. The van der Waals surface area contributed by atoms with Crippen LogP contribution in [0.15, 0.2) is 59.0 Å². The maximum absolute atomic E-state index is 12.2. The standard InChI is InChI=1S/C22H21N3O6/c1-3-29-22(28)17-10-11-18(23-14(17)2)20(26)24-25-21(27)19-12-9-16(31-19)13-30-15-7-5-4-6-8-15/h4-12H,3,13H2,1-2H3,(H,24,26)(H,25,27). The number of esters is 1. The third kappa shape index (κ3) is 5.69. The van der Waals surface area contributed by atoms with Gasteiger partial charge in [-0.3, -0.25) is 20.4 Å². The van der Waals surface area contributed by atoms with Crippen LogP contribution in [0.5, 0.6) is 5.75 Å². The van der Waals surface area contributed by atoms with E-state index in [0.29, 0.717) is 17.2 Å². The van der Waals surface area contributed by atoms with Crippen LogP contribution in [-0.4, -0.2) is 29.4 Å². The molecular weight excluding hydrogens is 402 g/mol. The molecule has 3 aromatic rings. The van der Waals surface area contributed by atoms with E-state index >= 15 is 0 Å². The zero-order valence-corrected chi connectivity index (χ0v) is 17.0. The van der Waals surface area contributed by atoms with Crippen LogP contribution in [0.4, 0.5) is 0 Å². The molecule has 0 aliphatic carbocycles. The van der Waals surface area contributed by atoms with Crippen molar-refractivity contribution < 1.29 is 28.3 Å². The van der Waals surface area contributed by atoms with Gasteiger partial charge in [0, 0.05) is 0 Å². The number of pyridine rings is 1. The molecule has 31 heavy (non-hydrogen) atoms. The number of benzene rings is 1. The fraction of sp³-hybridized carbons (Fsp3) is 0.182. The van der Waals surface area contributed by atoms with Crippen LogP contribution >= 0.6 is 0 Å². The number of hydrogen-bond acceptors (Lipinski definition) is 7. The van der Waals surface area contributed by atoms with E-state index in [1.165, 1.54) is 18.2 Å². The van der Waals surface area contributed by atoms with Gasteiger partial charge in [-0.2, -0.15) is 0 Å². The number of hydrogen-bond donors (Lipinski definition) is 2. The van der Waals surface area contributed by atoms with Crippen LogP contribution in [0.25, 0.3) is 0 Å². The number of carbonyl (C=O) groups excluding carboxylic acids is 3. The van der Waals surface area contributed by atoms with Crippen molar-refractivity contribution in [2.45, 2.75) is 20.5 Å². The van der Waals surface area contributed by atoms with E-state index in [0.717, 1.165) is 0 Å². The van der Waals surface area contributed by atoms with Gasteiger partial charge < -0.3 is 13.9 Å². The Hall–Kier alpha value is -4.14. The number of furan rings is 1. The molecule has 2 N–H and O–H groups in total. The van der Waals surface area contributed by atoms with Crippen LogP contribution in [0, 0.1) is 6.92 Å². The van der Waals surface area contributed by atoms with Gasteiger partial charge in [-0.25, -0.2) is 9.78 Å². The molecule has 1 aromatic carbocycles. The van der Waals surface area contributed by atoms with Gasteiger partial charge in [-0.05, 0) is 50.2 Å². The van der Waals surface area contributed by atoms with E-state index in [1.807, 2.05) is 18.2 Å². The van der Waals surface area contributed by atoms with Crippen molar-refractivity contribution in [3.05, 3.63) is 83.1 Å². The van der Waals surface area contributed by atoms with Crippen LogP contribution in [0.1, 0.15) is 49.8 Å². The Bertz CT molecular complexity index is 1080. The maximum Gasteiger partial charge on any atom is 0.339 e. The summed E-state index contributed by atoms with van der Waals surface area (Å²) < 4.78 is 15.9. The van der Waals surface area contributed by atoms with E-state index < -0.39 is 17.8 Å². The molecular formula is C22H21N3O6. The zero-order chi connectivity index (χ0) is 22.2. The summed E-state index contributed by atoms with van der Waals surface area (Å²) in [6, 6.07) is 15.1. The summed E-state index contributed by atoms with van der Waals surface area (Å²) in [5.41, 5.74) is 5.15. The Labute approximate surface area is 178 Å². The summed E-state index contributed by atoms with van der Waals surface area (Å²) in [7, 11) is 0. The second kappa shape index (κ2) is 10.1.